The number of hydrogen-bond acceptors (Lipinski definition) is 3. The summed E-state index contributed by atoms with van der Waals surface area (Å²) in [5.41, 5.74) is 0. The van der Waals surface area contributed by atoms with Crippen LogP contribution >= 0.6 is 11.8 Å². The van der Waals surface area contributed by atoms with Crippen LogP contribution in [0.5, 0.6) is 0 Å². The van der Waals surface area contributed by atoms with Gasteiger partial charge in [-0.15, -0.1) is 0 Å². The van der Waals surface area contributed by atoms with Gasteiger partial charge < -0.3 is 10.1 Å². The maximum atomic E-state index is 5.70. The molecule has 0 aromatic rings. The monoisotopic (exact) mass is 229 g/mol. The highest BCUT2D eigenvalue weighted by molar-refractivity contribution is 7.99. The van der Waals surface area contributed by atoms with E-state index < -0.39 is 0 Å². The minimum Gasteiger partial charge on any atom is -0.377 e. The van der Waals surface area contributed by atoms with E-state index in [1.165, 1.54) is 50.2 Å². The second-order valence-corrected chi connectivity index (χ2v) is 5.93. The van der Waals surface area contributed by atoms with Crippen LogP contribution in [0.15, 0.2) is 0 Å². The smallest absolute Gasteiger partial charge is 0.0699 e. The third kappa shape index (κ3) is 4.33. The topological polar surface area (TPSA) is 21.3 Å². The lowest BCUT2D eigenvalue weighted by molar-refractivity contribution is 0.0165. The van der Waals surface area contributed by atoms with Gasteiger partial charge in [0, 0.05) is 13.2 Å². The number of thioether (sulfide) groups is 1. The number of hydrogen-bond donors (Lipinski definition) is 1. The summed E-state index contributed by atoms with van der Waals surface area (Å²) in [4.78, 5) is 0. The van der Waals surface area contributed by atoms with Gasteiger partial charge in [-0.1, -0.05) is 0 Å². The van der Waals surface area contributed by atoms with Gasteiger partial charge in [0.05, 0.1) is 6.10 Å². The molecule has 2 aliphatic rings. The SMILES string of the molecule is C1CCC(CNCC2CCSCC2)OC1. The Hall–Kier alpha value is 0.270. The van der Waals surface area contributed by atoms with Crippen LogP contribution < -0.4 is 5.32 Å². The maximum absolute atomic E-state index is 5.70. The van der Waals surface area contributed by atoms with Crippen LogP contribution in [-0.4, -0.2) is 37.3 Å². The Morgan fingerprint density at radius 3 is 2.67 bits per heavy atom. The molecule has 2 fully saturated rings. The van der Waals surface area contributed by atoms with E-state index in [1.54, 1.807) is 0 Å². The van der Waals surface area contributed by atoms with Crippen molar-refractivity contribution in [2.45, 2.75) is 38.2 Å². The van der Waals surface area contributed by atoms with Gasteiger partial charge >= 0.3 is 0 Å². The van der Waals surface area contributed by atoms with Crippen LogP contribution in [-0.2, 0) is 4.74 Å². The summed E-state index contributed by atoms with van der Waals surface area (Å²) in [6.07, 6.45) is 7.18. The standard InChI is InChI=1S/C12H23NOS/c1-2-6-14-12(3-1)10-13-9-11-4-7-15-8-5-11/h11-13H,1-10H2. The lowest BCUT2D eigenvalue weighted by Gasteiger charge is -2.25. The Morgan fingerprint density at radius 2 is 1.93 bits per heavy atom. The van der Waals surface area contributed by atoms with Crippen molar-refractivity contribution in [3.63, 3.8) is 0 Å². The normalized spacial score (nSPS) is 29.2. The largest absolute Gasteiger partial charge is 0.377 e. The molecule has 1 N–H and O–H groups in total. The van der Waals surface area contributed by atoms with Crippen molar-refractivity contribution in [3.8, 4) is 0 Å². The summed E-state index contributed by atoms with van der Waals surface area (Å²) in [7, 11) is 0. The van der Waals surface area contributed by atoms with E-state index in [0.29, 0.717) is 6.10 Å². The third-order valence-corrected chi connectivity index (χ3v) is 4.47. The molecule has 88 valence electrons. The summed E-state index contributed by atoms with van der Waals surface area (Å²) in [5.74, 6) is 3.66. The van der Waals surface area contributed by atoms with Gasteiger partial charge in [-0.3, -0.25) is 0 Å². The molecule has 2 heterocycles. The molecule has 0 aliphatic carbocycles. The maximum Gasteiger partial charge on any atom is 0.0699 e. The molecule has 2 rings (SSSR count). The molecular weight excluding hydrogens is 206 g/mol. The minimum atomic E-state index is 0.497. The molecule has 2 aliphatic heterocycles. The van der Waals surface area contributed by atoms with Gasteiger partial charge in [0.2, 0.25) is 0 Å². The first kappa shape index (κ1) is 11.7. The zero-order chi connectivity index (χ0) is 10.3. The molecular formula is C12H23NOS. The molecule has 2 saturated heterocycles. The first-order chi connectivity index (χ1) is 7.45. The van der Waals surface area contributed by atoms with Crippen molar-refractivity contribution in [2.24, 2.45) is 5.92 Å². The van der Waals surface area contributed by atoms with E-state index in [1.807, 2.05) is 0 Å². The molecule has 2 nitrogen and oxygen atoms in total. The Labute approximate surface area is 97.5 Å². The zero-order valence-corrected chi connectivity index (χ0v) is 10.4. The molecule has 0 amide bonds. The molecule has 1 atom stereocenters. The van der Waals surface area contributed by atoms with Crippen LogP contribution in [0.2, 0.25) is 0 Å². The highest BCUT2D eigenvalue weighted by Crippen LogP contribution is 2.22. The molecule has 1 unspecified atom stereocenters. The summed E-state index contributed by atoms with van der Waals surface area (Å²) < 4.78 is 5.70. The number of rotatable bonds is 4. The molecule has 0 radical (unpaired) electrons. The van der Waals surface area contributed by atoms with Gasteiger partial charge in [-0.05, 0) is 56.1 Å². The van der Waals surface area contributed by atoms with Crippen molar-refractivity contribution in [2.75, 3.05) is 31.2 Å². The fraction of sp³-hybridized carbons (Fsp3) is 1.00. The fourth-order valence-electron chi connectivity index (χ4n) is 2.37. The number of ether oxygens (including phenoxy) is 1. The molecule has 0 spiro atoms. The van der Waals surface area contributed by atoms with Crippen LogP contribution in [0.1, 0.15) is 32.1 Å². The highest BCUT2D eigenvalue weighted by atomic mass is 32.2. The zero-order valence-electron chi connectivity index (χ0n) is 9.54. The second-order valence-electron chi connectivity index (χ2n) is 4.70. The average Bonchev–Trinajstić information content (AvgIpc) is 2.32. The molecule has 3 heteroatoms. The minimum absolute atomic E-state index is 0.497. The Balaban J connectivity index is 1.53. The quantitative estimate of drug-likeness (QED) is 0.799. The van der Waals surface area contributed by atoms with Crippen molar-refractivity contribution < 1.29 is 4.74 Å². The van der Waals surface area contributed by atoms with Gasteiger partial charge in [-0.2, -0.15) is 11.8 Å². The Kier molecular flexibility index (Phi) is 5.30. The van der Waals surface area contributed by atoms with Crippen LogP contribution in [0.3, 0.4) is 0 Å². The van der Waals surface area contributed by atoms with E-state index in [-0.39, 0.29) is 0 Å². The summed E-state index contributed by atoms with van der Waals surface area (Å²) >= 11 is 2.11. The lowest BCUT2D eigenvalue weighted by Crippen LogP contribution is -2.35. The summed E-state index contributed by atoms with van der Waals surface area (Å²) in [6, 6.07) is 0. The average molecular weight is 229 g/mol. The van der Waals surface area contributed by atoms with Crippen LogP contribution in [0.4, 0.5) is 0 Å². The molecule has 0 bridgehead atoms. The van der Waals surface area contributed by atoms with Gasteiger partial charge in [0.1, 0.15) is 0 Å². The fourth-order valence-corrected chi connectivity index (χ4v) is 3.57. The molecule has 0 aromatic carbocycles. The predicted octanol–water partition coefficient (Wildman–Crippen LogP) is 2.29. The highest BCUT2D eigenvalue weighted by Gasteiger charge is 2.16. The van der Waals surface area contributed by atoms with E-state index in [4.69, 9.17) is 4.74 Å². The van der Waals surface area contributed by atoms with Crippen LogP contribution in [0, 0.1) is 5.92 Å². The van der Waals surface area contributed by atoms with Gasteiger partial charge in [-0.25, -0.2) is 0 Å². The van der Waals surface area contributed by atoms with E-state index >= 15 is 0 Å². The van der Waals surface area contributed by atoms with Crippen molar-refractivity contribution in [1.29, 1.82) is 0 Å². The Morgan fingerprint density at radius 1 is 1.07 bits per heavy atom. The molecule has 0 saturated carbocycles. The first-order valence-corrected chi connectivity index (χ1v) is 7.50. The van der Waals surface area contributed by atoms with Crippen LogP contribution in [0.25, 0.3) is 0 Å². The molecule has 0 aromatic heterocycles. The van der Waals surface area contributed by atoms with E-state index in [0.717, 1.165) is 19.1 Å². The Bertz CT molecular complexity index is 147. The van der Waals surface area contributed by atoms with Gasteiger partial charge in [0.15, 0.2) is 0 Å². The summed E-state index contributed by atoms with van der Waals surface area (Å²) in [6.45, 7) is 3.26. The van der Waals surface area contributed by atoms with E-state index in [2.05, 4.69) is 17.1 Å². The summed E-state index contributed by atoms with van der Waals surface area (Å²) in [5, 5.41) is 3.59. The lowest BCUT2D eigenvalue weighted by atomic mass is 10.0. The second kappa shape index (κ2) is 6.77. The van der Waals surface area contributed by atoms with Crippen molar-refractivity contribution in [1.82, 2.24) is 5.32 Å². The predicted molar refractivity (Wildman–Crippen MR) is 66.5 cm³/mol. The first-order valence-electron chi connectivity index (χ1n) is 6.35. The third-order valence-electron chi connectivity index (χ3n) is 3.42. The van der Waals surface area contributed by atoms with E-state index in [9.17, 15) is 0 Å². The van der Waals surface area contributed by atoms with Gasteiger partial charge in [0.25, 0.3) is 0 Å². The molecule has 15 heavy (non-hydrogen) atoms. The van der Waals surface area contributed by atoms with Crippen molar-refractivity contribution in [3.05, 3.63) is 0 Å². The van der Waals surface area contributed by atoms with Crippen molar-refractivity contribution >= 4 is 11.8 Å². The number of nitrogens with one attached hydrogen (secondary N) is 1.